The van der Waals surface area contributed by atoms with E-state index in [9.17, 15) is 4.79 Å². The second-order valence-corrected chi connectivity index (χ2v) is 5.17. The molecule has 1 aliphatic heterocycles. The van der Waals surface area contributed by atoms with Crippen LogP contribution in [0.15, 0.2) is 4.52 Å². The molecular formula is C14H23N3O4. The van der Waals surface area contributed by atoms with Crippen LogP contribution in [-0.2, 0) is 27.4 Å². The minimum absolute atomic E-state index is 0.139. The first-order valence-electron chi connectivity index (χ1n) is 7.43. The zero-order chi connectivity index (χ0) is 15.1. The van der Waals surface area contributed by atoms with E-state index < -0.39 is 0 Å². The fraction of sp³-hybridized carbons (Fsp3) is 0.786. The van der Waals surface area contributed by atoms with Gasteiger partial charge in [0.15, 0.2) is 5.82 Å². The van der Waals surface area contributed by atoms with Crippen molar-refractivity contribution in [2.75, 3.05) is 20.3 Å². The van der Waals surface area contributed by atoms with Gasteiger partial charge in [-0.05, 0) is 26.3 Å². The molecule has 0 radical (unpaired) electrons. The number of methoxy groups -OCH3 is 1. The van der Waals surface area contributed by atoms with Crippen molar-refractivity contribution in [1.29, 1.82) is 0 Å². The molecule has 2 heterocycles. The number of piperidine rings is 1. The van der Waals surface area contributed by atoms with Gasteiger partial charge in [-0.3, -0.25) is 9.69 Å². The molecule has 1 aromatic heterocycles. The number of carbonyl (C=O) groups is 1. The van der Waals surface area contributed by atoms with E-state index in [0.717, 1.165) is 25.8 Å². The highest BCUT2D eigenvalue weighted by Crippen LogP contribution is 2.22. The number of rotatable bonds is 7. The van der Waals surface area contributed by atoms with Crippen LogP contribution in [0.3, 0.4) is 0 Å². The molecule has 7 heteroatoms. The van der Waals surface area contributed by atoms with Crippen LogP contribution in [0, 0.1) is 0 Å². The highest BCUT2D eigenvalue weighted by molar-refractivity contribution is 5.70. The lowest BCUT2D eigenvalue weighted by atomic mass is 9.99. The molecule has 1 aromatic rings. The van der Waals surface area contributed by atoms with Crippen LogP contribution in [0.2, 0.25) is 0 Å². The minimum atomic E-state index is -0.139. The maximum atomic E-state index is 11.7. The summed E-state index contributed by atoms with van der Waals surface area (Å²) in [5, 5.41) is 3.86. The Bertz CT molecular complexity index is 449. The summed E-state index contributed by atoms with van der Waals surface area (Å²) in [5.74, 6) is 0.976. The summed E-state index contributed by atoms with van der Waals surface area (Å²) in [6, 6.07) is 0.190. The Labute approximate surface area is 124 Å². The molecule has 1 saturated heterocycles. The Kier molecular flexibility index (Phi) is 6.13. The first-order chi connectivity index (χ1) is 10.2. The van der Waals surface area contributed by atoms with Gasteiger partial charge >= 0.3 is 5.97 Å². The molecule has 0 saturated carbocycles. The molecular weight excluding hydrogens is 274 g/mol. The molecule has 2 rings (SSSR count). The monoisotopic (exact) mass is 297 g/mol. The summed E-state index contributed by atoms with van der Waals surface area (Å²) in [7, 11) is 1.59. The SMILES string of the molecule is CCOC(=O)C[C@@H]1CCCCN1Cc1nc(COC)no1. The predicted octanol–water partition coefficient (Wildman–Crippen LogP) is 1.52. The van der Waals surface area contributed by atoms with E-state index in [1.165, 1.54) is 0 Å². The van der Waals surface area contributed by atoms with E-state index in [0.29, 0.717) is 37.9 Å². The first kappa shape index (κ1) is 15.9. The Hall–Kier alpha value is -1.47. The van der Waals surface area contributed by atoms with Gasteiger partial charge < -0.3 is 14.0 Å². The van der Waals surface area contributed by atoms with Gasteiger partial charge in [0.1, 0.15) is 6.61 Å². The number of nitrogens with zero attached hydrogens (tertiary/aromatic N) is 3. The Morgan fingerprint density at radius 2 is 2.33 bits per heavy atom. The van der Waals surface area contributed by atoms with E-state index in [1.54, 1.807) is 7.11 Å². The predicted molar refractivity (Wildman–Crippen MR) is 74.3 cm³/mol. The standard InChI is InChI=1S/C14H23N3O4/c1-3-20-14(18)8-11-6-4-5-7-17(11)9-13-15-12(10-19-2)16-21-13/h11H,3-10H2,1-2H3/t11-/m0/s1. The molecule has 0 bridgehead atoms. The maximum Gasteiger partial charge on any atom is 0.307 e. The molecule has 0 aromatic carbocycles. The Morgan fingerprint density at radius 3 is 3.10 bits per heavy atom. The third-order valence-electron chi connectivity index (χ3n) is 3.58. The van der Waals surface area contributed by atoms with Crippen molar-refractivity contribution in [3.63, 3.8) is 0 Å². The van der Waals surface area contributed by atoms with Gasteiger partial charge in [-0.15, -0.1) is 0 Å². The molecule has 0 spiro atoms. The molecule has 0 aliphatic carbocycles. The van der Waals surface area contributed by atoms with Gasteiger partial charge in [-0.2, -0.15) is 4.98 Å². The van der Waals surface area contributed by atoms with Crippen LogP contribution < -0.4 is 0 Å². The fourth-order valence-corrected chi connectivity index (χ4v) is 2.63. The molecule has 21 heavy (non-hydrogen) atoms. The number of hydrogen-bond acceptors (Lipinski definition) is 7. The lowest BCUT2D eigenvalue weighted by molar-refractivity contribution is -0.145. The molecule has 7 nitrogen and oxygen atoms in total. The molecule has 1 aliphatic rings. The van der Waals surface area contributed by atoms with Crippen molar-refractivity contribution in [3.8, 4) is 0 Å². The summed E-state index contributed by atoms with van der Waals surface area (Å²) in [6.07, 6.45) is 3.68. The summed E-state index contributed by atoms with van der Waals surface area (Å²) in [4.78, 5) is 18.2. The molecule has 0 unspecified atom stereocenters. The smallest absolute Gasteiger partial charge is 0.307 e. The molecule has 118 valence electrons. The molecule has 0 N–H and O–H groups in total. The second kappa shape index (κ2) is 8.09. The topological polar surface area (TPSA) is 77.7 Å². The Morgan fingerprint density at radius 1 is 1.48 bits per heavy atom. The quantitative estimate of drug-likeness (QED) is 0.706. The number of esters is 1. The van der Waals surface area contributed by atoms with Crippen LogP contribution in [0.5, 0.6) is 0 Å². The summed E-state index contributed by atoms with van der Waals surface area (Å²) < 4.78 is 15.2. The van der Waals surface area contributed by atoms with Crippen molar-refractivity contribution >= 4 is 5.97 Å². The highest BCUT2D eigenvalue weighted by Gasteiger charge is 2.26. The van der Waals surface area contributed by atoms with E-state index >= 15 is 0 Å². The van der Waals surface area contributed by atoms with Crippen molar-refractivity contribution in [3.05, 3.63) is 11.7 Å². The summed E-state index contributed by atoms with van der Waals surface area (Å²) >= 11 is 0. The number of likely N-dealkylation sites (tertiary alicyclic amines) is 1. The Balaban J connectivity index is 1.92. The van der Waals surface area contributed by atoms with Gasteiger partial charge in [0.05, 0.1) is 19.6 Å². The average molecular weight is 297 g/mol. The van der Waals surface area contributed by atoms with Crippen LogP contribution in [0.25, 0.3) is 0 Å². The average Bonchev–Trinajstić information content (AvgIpc) is 2.89. The number of ether oxygens (including phenoxy) is 2. The van der Waals surface area contributed by atoms with E-state index in [1.807, 2.05) is 6.92 Å². The molecule has 1 atom stereocenters. The largest absolute Gasteiger partial charge is 0.466 e. The van der Waals surface area contributed by atoms with Gasteiger partial charge in [0.2, 0.25) is 5.89 Å². The minimum Gasteiger partial charge on any atom is -0.466 e. The van der Waals surface area contributed by atoms with E-state index in [2.05, 4.69) is 15.0 Å². The number of aromatic nitrogens is 2. The van der Waals surface area contributed by atoms with E-state index in [4.69, 9.17) is 14.0 Å². The zero-order valence-corrected chi connectivity index (χ0v) is 12.7. The normalized spacial score (nSPS) is 19.6. The van der Waals surface area contributed by atoms with Gasteiger partial charge in [-0.1, -0.05) is 11.6 Å². The van der Waals surface area contributed by atoms with Crippen LogP contribution in [0.1, 0.15) is 44.3 Å². The van der Waals surface area contributed by atoms with Crippen molar-refractivity contribution in [2.24, 2.45) is 0 Å². The summed E-state index contributed by atoms with van der Waals surface area (Å²) in [5.41, 5.74) is 0. The highest BCUT2D eigenvalue weighted by atomic mass is 16.5. The lowest BCUT2D eigenvalue weighted by Gasteiger charge is -2.34. The first-order valence-corrected chi connectivity index (χ1v) is 7.43. The van der Waals surface area contributed by atoms with Gasteiger partial charge in [0, 0.05) is 13.2 Å². The maximum absolute atomic E-state index is 11.7. The third kappa shape index (κ3) is 4.78. The zero-order valence-electron chi connectivity index (χ0n) is 12.7. The molecule has 0 amide bonds. The van der Waals surface area contributed by atoms with Crippen molar-refractivity contribution in [2.45, 2.75) is 51.8 Å². The van der Waals surface area contributed by atoms with Crippen molar-refractivity contribution in [1.82, 2.24) is 15.0 Å². The lowest BCUT2D eigenvalue weighted by Crippen LogP contribution is -2.40. The number of hydrogen-bond donors (Lipinski definition) is 0. The van der Waals surface area contributed by atoms with Gasteiger partial charge in [0.25, 0.3) is 0 Å². The van der Waals surface area contributed by atoms with E-state index in [-0.39, 0.29) is 12.0 Å². The summed E-state index contributed by atoms with van der Waals surface area (Å²) in [6.45, 7) is 4.10. The van der Waals surface area contributed by atoms with Gasteiger partial charge in [-0.25, -0.2) is 0 Å². The van der Waals surface area contributed by atoms with Crippen LogP contribution in [0.4, 0.5) is 0 Å². The van der Waals surface area contributed by atoms with Crippen LogP contribution in [-0.4, -0.2) is 47.3 Å². The molecule has 1 fully saturated rings. The number of carbonyl (C=O) groups excluding carboxylic acids is 1. The van der Waals surface area contributed by atoms with Crippen molar-refractivity contribution < 1.29 is 18.8 Å². The third-order valence-corrected chi connectivity index (χ3v) is 3.58. The fourth-order valence-electron chi connectivity index (χ4n) is 2.63. The van der Waals surface area contributed by atoms with Crippen LogP contribution >= 0.6 is 0 Å². The second-order valence-electron chi connectivity index (χ2n) is 5.17.